The second-order valence-corrected chi connectivity index (χ2v) is 8.38. The molecule has 1 amide bonds. The van der Waals surface area contributed by atoms with Gasteiger partial charge in [-0.2, -0.15) is 0 Å². The highest BCUT2D eigenvalue weighted by atomic mass is 33.1. The van der Waals surface area contributed by atoms with Crippen molar-refractivity contribution in [1.82, 2.24) is 10.2 Å². The summed E-state index contributed by atoms with van der Waals surface area (Å²) in [5, 5.41) is 13.3. The second-order valence-electron chi connectivity index (χ2n) is 5.67. The van der Waals surface area contributed by atoms with Gasteiger partial charge in [-0.3, -0.25) is 4.79 Å². The van der Waals surface area contributed by atoms with E-state index in [9.17, 15) is 4.79 Å². The van der Waals surface area contributed by atoms with Gasteiger partial charge >= 0.3 is 0 Å². The molecule has 6 nitrogen and oxygen atoms in total. The largest absolute Gasteiger partial charge is 0.497 e. The number of anilines is 1. The highest BCUT2D eigenvalue weighted by molar-refractivity contribution is 8.76. The molecule has 0 spiro atoms. The molecular weight excluding hydrogens is 368 g/mol. The zero-order valence-corrected chi connectivity index (χ0v) is 17.2. The Kier molecular flexibility index (Phi) is 11.7. The summed E-state index contributed by atoms with van der Waals surface area (Å²) in [6, 6.07) is 7.35. The Hall–Kier alpha value is -1.64. The number of carbonyl (C=O) groups excluding carboxylic acids is 1. The van der Waals surface area contributed by atoms with E-state index in [4.69, 9.17) is 10.1 Å². The van der Waals surface area contributed by atoms with Gasteiger partial charge in [0, 0.05) is 42.7 Å². The van der Waals surface area contributed by atoms with Crippen LogP contribution in [0.1, 0.15) is 6.42 Å². The van der Waals surface area contributed by atoms with Crippen molar-refractivity contribution in [2.45, 2.75) is 6.42 Å². The summed E-state index contributed by atoms with van der Waals surface area (Å²) in [5.74, 6) is 2.61. The van der Waals surface area contributed by atoms with E-state index in [1.807, 2.05) is 45.9 Å². The van der Waals surface area contributed by atoms with E-state index in [0.717, 1.165) is 42.1 Å². The smallest absolute Gasteiger partial charge is 0.254 e. The molecule has 0 bridgehead atoms. The predicted octanol–water partition coefficient (Wildman–Crippen LogP) is 3.09. The van der Waals surface area contributed by atoms with E-state index in [2.05, 4.69) is 29.6 Å². The first-order valence-corrected chi connectivity index (χ1v) is 10.8. The van der Waals surface area contributed by atoms with Crippen LogP contribution in [0.2, 0.25) is 0 Å². The van der Waals surface area contributed by atoms with E-state index >= 15 is 0 Å². The van der Waals surface area contributed by atoms with Crippen molar-refractivity contribution in [2.24, 2.45) is 0 Å². The standard InChI is InChI=1S/C18H28N4O2S2/c1-22(2)10-12-26-25-11-4-9-20-18(23)15(13-19)14-21-16-5-7-17(24-3)8-6-16/h5-8,13-14,19,21H,4,9-12H2,1-3H3,(H,20,23)/b15-14+,19-13?. The van der Waals surface area contributed by atoms with Gasteiger partial charge in [0.15, 0.2) is 0 Å². The van der Waals surface area contributed by atoms with Crippen molar-refractivity contribution in [1.29, 1.82) is 5.41 Å². The Morgan fingerprint density at radius 1 is 1.23 bits per heavy atom. The number of hydrogen-bond donors (Lipinski definition) is 3. The first-order valence-electron chi connectivity index (χ1n) is 8.35. The molecule has 3 N–H and O–H groups in total. The molecule has 0 saturated heterocycles. The van der Waals surface area contributed by atoms with Crippen LogP contribution < -0.4 is 15.4 Å². The quantitative estimate of drug-likeness (QED) is 0.206. The number of methoxy groups -OCH3 is 1. The summed E-state index contributed by atoms with van der Waals surface area (Å²) in [6.45, 7) is 1.68. The minimum atomic E-state index is -0.244. The summed E-state index contributed by atoms with van der Waals surface area (Å²) >= 11 is 0. The lowest BCUT2D eigenvalue weighted by Crippen LogP contribution is -2.27. The van der Waals surface area contributed by atoms with E-state index in [-0.39, 0.29) is 11.5 Å². The maximum Gasteiger partial charge on any atom is 0.254 e. The van der Waals surface area contributed by atoms with Crippen LogP contribution in [0.3, 0.4) is 0 Å². The molecule has 0 aliphatic heterocycles. The van der Waals surface area contributed by atoms with Crippen LogP contribution in [0.25, 0.3) is 0 Å². The minimum absolute atomic E-state index is 0.244. The highest BCUT2D eigenvalue weighted by Crippen LogP contribution is 2.21. The zero-order valence-electron chi connectivity index (χ0n) is 15.6. The molecule has 0 aromatic heterocycles. The number of rotatable bonds is 13. The monoisotopic (exact) mass is 396 g/mol. The first kappa shape index (κ1) is 22.4. The number of nitrogens with one attached hydrogen (secondary N) is 3. The molecule has 1 aromatic rings. The van der Waals surface area contributed by atoms with Gasteiger partial charge in [0.1, 0.15) is 5.75 Å². The SMILES string of the molecule is COc1ccc(N/C=C(\C=N)C(=O)NCCCSSCCN(C)C)cc1. The van der Waals surface area contributed by atoms with Gasteiger partial charge in [0.2, 0.25) is 0 Å². The zero-order chi connectivity index (χ0) is 19.2. The molecule has 0 saturated carbocycles. The van der Waals surface area contributed by atoms with Crippen LogP contribution in [0.15, 0.2) is 36.0 Å². The van der Waals surface area contributed by atoms with Crippen LogP contribution in [0.5, 0.6) is 5.75 Å². The summed E-state index contributed by atoms with van der Waals surface area (Å²) in [7, 11) is 9.43. The number of nitrogens with zero attached hydrogens (tertiary/aromatic N) is 1. The normalized spacial score (nSPS) is 11.3. The Labute approximate surface area is 164 Å². The van der Waals surface area contributed by atoms with Crippen molar-refractivity contribution < 1.29 is 9.53 Å². The van der Waals surface area contributed by atoms with E-state index < -0.39 is 0 Å². The summed E-state index contributed by atoms with van der Waals surface area (Å²) in [6.07, 6.45) is 3.50. The molecule has 0 aliphatic rings. The average molecular weight is 397 g/mol. The Morgan fingerprint density at radius 2 is 1.92 bits per heavy atom. The van der Waals surface area contributed by atoms with Crippen molar-refractivity contribution >= 4 is 39.4 Å². The molecule has 1 rings (SSSR count). The maximum atomic E-state index is 12.1. The second kappa shape index (κ2) is 13.5. The fourth-order valence-electron chi connectivity index (χ4n) is 1.79. The van der Waals surface area contributed by atoms with Gasteiger partial charge < -0.3 is 25.7 Å². The summed E-state index contributed by atoms with van der Waals surface area (Å²) < 4.78 is 5.10. The summed E-state index contributed by atoms with van der Waals surface area (Å²) in [5.41, 5.74) is 1.11. The van der Waals surface area contributed by atoms with Crippen molar-refractivity contribution in [3.63, 3.8) is 0 Å². The van der Waals surface area contributed by atoms with Crippen LogP contribution in [-0.4, -0.2) is 62.8 Å². The number of ether oxygens (including phenoxy) is 1. The Morgan fingerprint density at radius 3 is 2.54 bits per heavy atom. The summed E-state index contributed by atoms with van der Waals surface area (Å²) in [4.78, 5) is 14.3. The van der Waals surface area contributed by atoms with Crippen LogP contribution in [0.4, 0.5) is 5.69 Å². The van der Waals surface area contributed by atoms with E-state index in [1.54, 1.807) is 7.11 Å². The molecule has 144 valence electrons. The molecule has 26 heavy (non-hydrogen) atoms. The lowest BCUT2D eigenvalue weighted by Gasteiger charge is -2.08. The van der Waals surface area contributed by atoms with Gasteiger partial charge in [-0.1, -0.05) is 21.6 Å². The Balaban J connectivity index is 2.26. The fraction of sp³-hybridized carbons (Fsp3) is 0.444. The van der Waals surface area contributed by atoms with Crippen LogP contribution >= 0.6 is 21.6 Å². The third-order valence-corrected chi connectivity index (χ3v) is 5.77. The minimum Gasteiger partial charge on any atom is -0.497 e. The third-order valence-electron chi connectivity index (χ3n) is 3.30. The fourth-order valence-corrected chi connectivity index (χ4v) is 4.02. The molecule has 0 unspecified atom stereocenters. The molecule has 0 aliphatic carbocycles. The number of hydrogen-bond acceptors (Lipinski definition) is 7. The van der Waals surface area contributed by atoms with Gasteiger partial charge in [-0.15, -0.1) is 0 Å². The van der Waals surface area contributed by atoms with Gasteiger partial charge in [-0.05, 0) is 44.8 Å². The van der Waals surface area contributed by atoms with Crippen molar-refractivity contribution in [3.8, 4) is 5.75 Å². The first-order chi connectivity index (χ1) is 12.6. The topological polar surface area (TPSA) is 77.4 Å². The lowest BCUT2D eigenvalue weighted by atomic mass is 10.2. The molecular formula is C18H28N4O2S2. The van der Waals surface area contributed by atoms with Crippen LogP contribution in [0, 0.1) is 5.41 Å². The number of carbonyl (C=O) groups is 1. The molecule has 0 heterocycles. The average Bonchev–Trinajstić information content (AvgIpc) is 2.64. The van der Waals surface area contributed by atoms with Crippen LogP contribution in [-0.2, 0) is 4.79 Å². The molecule has 0 atom stereocenters. The highest BCUT2D eigenvalue weighted by Gasteiger charge is 2.06. The van der Waals surface area contributed by atoms with Gasteiger partial charge in [-0.25, -0.2) is 0 Å². The molecule has 0 fully saturated rings. The van der Waals surface area contributed by atoms with E-state index in [1.165, 1.54) is 6.20 Å². The van der Waals surface area contributed by atoms with Crippen molar-refractivity contribution in [2.75, 3.05) is 51.1 Å². The Bertz CT molecular complexity index is 577. The molecule has 0 radical (unpaired) electrons. The molecule has 1 aromatic carbocycles. The predicted molar refractivity (Wildman–Crippen MR) is 115 cm³/mol. The lowest BCUT2D eigenvalue weighted by molar-refractivity contribution is -0.116. The number of benzene rings is 1. The van der Waals surface area contributed by atoms with Crippen molar-refractivity contribution in [3.05, 3.63) is 36.0 Å². The van der Waals surface area contributed by atoms with Gasteiger partial charge in [0.05, 0.1) is 12.7 Å². The molecule has 8 heteroatoms. The number of amides is 1. The maximum absolute atomic E-state index is 12.1. The third kappa shape index (κ3) is 9.74. The van der Waals surface area contributed by atoms with E-state index in [0.29, 0.717) is 6.54 Å². The van der Waals surface area contributed by atoms with Gasteiger partial charge in [0.25, 0.3) is 5.91 Å².